The fourth-order valence-electron chi connectivity index (χ4n) is 1.72. The SMILES string of the molecule is COc1ccc(S(N)(=O)=O)cc1NCc1ccc(C#N)o1. The molecule has 0 saturated heterocycles. The molecule has 110 valence electrons. The van der Waals surface area contributed by atoms with Crippen LogP contribution in [0.5, 0.6) is 5.75 Å². The number of hydrogen-bond acceptors (Lipinski definition) is 6. The van der Waals surface area contributed by atoms with Gasteiger partial charge in [-0.2, -0.15) is 5.26 Å². The van der Waals surface area contributed by atoms with Crippen LogP contribution in [0.3, 0.4) is 0 Å². The van der Waals surface area contributed by atoms with E-state index in [1.165, 1.54) is 25.3 Å². The molecule has 1 heterocycles. The summed E-state index contributed by atoms with van der Waals surface area (Å²) in [5.74, 6) is 1.21. The zero-order chi connectivity index (χ0) is 15.5. The number of ether oxygens (including phenoxy) is 1. The van der Waals surface area contributed by atoms with Crippen molar-refractivity contribution in [1.82, 2.24) is 0 Å². The average Bonchev–Trinajstić information content (AvgIpc) is 2.91. The molecule has 0 radical (unpaired) electrons. The van der Waals surface area contributed by atoms with Crippen LogP contribution in [0.1, 0.15) is 11.5 Å². The molecule has 3 N–H and O–H groups in total. The van der Waals surface area contributed by atoms with Crippen LogP contribution in [0.25, 0.3) is 0 Å². The van der Waals surface area contributed by atoms with E-state index in [4.69, 9.17) is 19.6 Å². The van der Waals surface area contributed by atoms with Crippen LogP contribution in [0, 0.1) is 11.3 Å². The van der Waals surface area contributed by atoms with Gasteiger partial charge in [-0.15, -0.1) is 0 Å². The minimum absolute atomic E-state index is 0.0250. The molecular weight excluding hydrogens is 294 g/mol. The Kier molecular flexibility index (Phi) is 4.16. The van der Waals surface area contributed by atoms with E-state index in [1.807, 2.05) is 6.07 Å². The van der Waals surface area contributed by atoms with Crippen molar-refractivity contribution >= 4 is 15.7 Å². The first-order valence-electron chi connectivity index (χ1n) is 5.87. The lowest BCUT2D eigenvalue weighted by Gasteiger charge is -2.11. The number of rotatable bonds is 5. The first-order chi connectivity index (χ1) is 9.94. The van der Waals surface area contributed by atoms with E-state index in [1.54, 1.807) is 12.1 Å². The quantitative estimate of drug-likeness (QED) is 0.862. The highest BCUT2D eigenvalue weighted by Gasteiger charge is 2.12. The normalized spacial score (nSPS) is 10.9. The minimum atomic E-state index is -3.80. The standard InChI is InChI=1S/C13H13N3O4S/c1-19-13-5-4-11(21(15,17)18)6-12(13)16-8-10-3-2-9(7-14)20-10/h2-6,16H,8H2,1H3,(H2,15,17,18). The van der Waals surface area contributed by atoms with Crippen molar-refractivity contribution in [3.63, 3.8) is 0 Å². The molecule has 0 aliphatic heterocycles. The third-order valence-corrected chi connectivity index (χ3v) is 3.64. The monoisotopic (exact) mass is 307 g/mol. The van der Waals surface area contributed by atoms with E-state index in [-0.39, 0.29) is 17.2 Å². The largest absolute Gasteiger partial charge is 0.495 e. The summed E-state index contributed by atoms with van der Waals surface area (Å²) in [6.45, 7) is 0.270. The van der Waals surface area contributed by atoms with E-state index in [9.17, 15) is 8.42 Å². The maximum atomic E-state index is 11.4. The average molecular weight is 307 g/mol. The summed E-state index contributed by atoms with van der Waals surface area (Å²) >= 11 is 0. The summed E-state index contributed by atoms with van der Waals surface area (Å²) in [7, 11) is -2.33. The van der Waals surface area contributed by atoms with Gasteiger partial charge >= 0.3 is 0 Å². The fraction of sp³-hybridized carbons (Fsp3) is 0.154. The summed E-state index contributed by atoms with van der Waals surface area (Å²) in [6, 6.07) is 9.33. The molecular formula is C13H13N3O4S. The fourth-order valence-corrected chi connectivity index (χ4v) is 2.26. The summed E-state index contributed by atoms with van der Waals surface area (Å²) in [4.78, 5) is -0.0250. The lowest BCUT2D eigenvalue weighted by atomic mass is 10.3. The molecule has 7 nitrogen and oxygen atoms in total. The summed E-state index contributed by atoms with van der Waals surface area (Å²) in [5.41, 5.74) is 0.457. The topological polar surface area (TPSA) is 118 Å². The number of furan rings is 1. The Labute approximate surface area is 122 Å². The number of nitrogens with one attached hydrogen (secondary N) is 1. The highest BCUT2D eigenvalue weighted by molar-refractivity contribution is 7.89. The highest BCUT2D eigenvalue weighted by Crippen LogP contribution is 2.27. The second-order valence-corrected chi connectivity index (χ2v) is 5.70. The van der Waals surface area contributed by atoms with Gasteiger partial charge in [0.25, 0.3) is 0 Å². The molecule has 1 aromatic heterocycles. The number of methoxy groups -OCH3 is 1. The van der Waals surface area contributed by atoms with Gasteiger partial charge in [0.15, 0.2) is 0 Å². The molecule has 0 amide bonds. The third-order valence-electron chi connectivity index (χ3n) is 2.72. The first kappa shape index (κ1) is 14.9. The third kappa shape index (κ3) is 3.53. The summed E-state index contributed by atoms with van der Waals surface area (Å²) < 4.78 is 33.1. The van der Waals surface area contributed by atoms with E-state index in [0.29, 0.717) is 17.2 Å². The molecule has 0 aliphatic rings. The van der Waals surface area contributed by atoms with Crippen LogP contribution in [-0.2, 0) is 16.6 Å². The van der Waals surface area contributed by atoms with Crippen LogP contribution in [0.2, 0.25) is 0 Å². The van der Waals surface area contributed by atoms with Crippen molar-refractivity contribution in [1.29, 1.82) is 5.26 Å². The molecule has 0 atom stereocenters. The van der Waals surface area contributed by atoms with Gasteiger partial charge in [0, 0.05) is 0 Å². The van der Waals surface area contributed by atoms with E-state index < -0.39 is 10.0 Å². The highest BCUT2D eigenvalue weighted by atomic mass is 32.2. The van der Waals surface area contributed by atoms with Gasteiger partial charge in [-0.05, 0) is 30.3 Å². The molecule has 0 unspecified atom stereocenters. The Balaban J connectivity index is 2.23. The van der Waals surface area contributed by atoms with Gasteiger partial charge in [0.05, 0.1) is 24.2 Å². The Morgan fingerprint density at radius 2 is 2.14 bits per heavy atom. The number of nitriles is 1. The number of hydrogen-bond donors (Lipinski definition) is 2. The van der Waals surface area contributed by atoms with Crippen LogP contribution < -0.4 is 15.2 Å². The van der Waals surface area contributed by atoms with Crippen LogP contribution in [-0.4, -0.2) is 15.5 Å². The molecule has 1 aromatic carbocycles. The smallest absolute Gasteiger partial charge is 0.238 e. The number of sulfonamides is 1. The minimum Gasteiger partial charge on any atom is -0.495 e. The van der Waals surface area contributed by atoms with Crippen molar-refractivity contribution in [3.05, 3.63) is 41.9 Å². The molecule has 2 rings (SSSR count). The van der Waals surface area contributed by atoms with Gasteiger partial charge in [0.1, 0.15) is 17.6 Å². The molecule has 0 fully saturated rings. The van der Waals surface area contributed by atoms with Gasteiger partial charge in [-0.3, -0.25) is 0 Å². The van der Waals surface area contributed by atoms with Crippen molar-refractivity contribution in [2.24, 2.45) is 5.14 Å². The number of anilines is 1. The van der Waals surface area contributed by atoms with Crippen molar-refractivity contribution < 1.29 is 17.6 Å². The molecule has 0 bridgehead atoms. The number of benzene rings is 1. The van der Waals surface area contributed by atoms with E-state index in [0.717, 1.165) is 0 Å². The predicted molar refractivity (Wildman–Crippen MR) is 75.1 cm³/mol. The van der Waals surface area contributed by atoms with Crippen molar-refractivity contribution in [2.45, 2.75) is 11.4 Å². The number of nitrogens with two attached hydrogens (primary N) is 1. The second-order valence-electron chi connectivity index (χ2n) is 4.14. The Morgan fingerprint density at radius 1 is 1.38 bits per heavy atom. The Hall–Kier alpha value is -2.50. The second kappa shape index (κ2) is 5.87. The van der Waals surface area contributed by atoms with Crippen molar-refractivity contribution in [3.8, 4) is 11.8 Å². The van der Waals surface area contributed by atoms with E-state index in [2.05, 4.69) is 5.32 Å². The van der Waals surface area contributed by atoms with Gasteiger partial charge in [0.2, 0.25) is 15.8 Å². The van der Waals surface area contributed by atoms with Gasteiger partial charge in [-0.25, -0.2) is 13.6 Å². The zero-order valence-corrected chi connectivity index (χ0v) is 12.0. The molecule has 2 aromatic rings. The summed E-state index contributed by atoms with van der Waals surface area (Å²) in [5, 5.41) is 16.8. The molecule has 0 spiro atoms. The first-order valence-corrected chi connectivity index (χ1v) is 7.42. The molecule has 21 heavy (non-hydrogen) atoms. The van der Waals surface area contributed by atoms with Gasteiger partial charge in [-0.1, -0.05) is 0 Å². The molecule has 0 saturated carbocycles. The van der Waals surface area contributed by atoms with Gasteiger partial charge < -0.3 is 14.5 Å². The summed E-state index contributed by atoms with van der Waals surface area (Å²) in [6.07, 6.45) is 0. The van der Waals surface area contributed by atoms with Crippen LogP contribution in [0.4, 0.5) is 5.69 Å². The predicted octanol–water partition coefficient (Wildman–Crippen LogP) is 1.42. The van der Waals surface area contributed by atoms with E-state index >= 15 is 0 Å². The molecule has 8 heteroatoms. The van der Waals surface area contributed by atoms with Crippen molar-refractivity contribution in [2.75, 3.05) is 12.4 Å². The number of primary sulfonamides is 1. The maximum Gasteiger partial charge on any atom is 0.238 e. The van der Waals surface area contributed by atoms with Crippen LogP contribution >= 0.6 is 0 Å². The maximum absolute atomic E-state index is 11.4. The lowest BCUT2D eigenvalue weighted by Crippen LogP contribution is -2.12. The zero-order valence-electron chi connectivity index (χ0n) is 11.2. The molecule has 0 aliphatic carbocycles. The number of nitrogens with zero attached hydrogens (tertiary/aromatic N) is 1. The Morgan fingerprint density at radius 3 is 2.71 bits per heavy atom. The lowest BCUT2D eigenvalue weighted by molar-refractivity contribution is 0.415. The van der Waals surface area contributed by atoms with Crippen LogP contribution in [0.15, 0.2) is 39.6 Å². The Bertz CT molecular complexity index is 790.